The van der Waals surface area contributed by atoms with Crippen LogP contribution in [-0.2, 0) is 0 Å². The molecule has 11 heavy (non-hydrogen) atoms. The third-order valence-corrected chi connectivity index (χ3v) is 1.36. The maximum absolute atomic E-state index is 5.51. The lowest BCUT2D eigenvalue weighted by Crippen LogP contribution is -1.82. The number of anilines is 1. The summed E-state index contributed by atoms with van der Waals surface area (Å²) in [5.74, 6) is 0. The Labute approximate surface area is 66.9 Å². The summed E-state index contributed by atoms with van der Waals surface area (Å²) in [6.45, 7) is 3.58. The molecule has 0 atom stereocenters. The van der Waals surface area contributed by atoms with Crippen LogP contribution < -0.4 is 5.73 Å². The molecule has 0 saturated heterocycles. The van der Waals surface area contributed by atoms with E-state index in [9.17, 15) is 0 Å². The predicted octanol–water partition coefficient (Wildman–Crippen LogP) is 2.47. The van der Waals surface area contributed by atoms with Gasteiger partial charge in [0.05, 0.1) is 0 Å². The van der Waals surface area contributed by atoms with E-state index >= 15 is 0 Å². The molecule has 0 amide bonds. The van der Waals surface area contributed by atoms with Crippen molar-refractivity contribution in [1.82, 2.24) is 0 Å². The van der Waals surface area contributed by atoms with Crippen molar-refractivity contribution in [2.75, 3.05) is 5.73 Å². The molecule has 0 radical (unpaired) electrons. The zero-order valence-corrected chi connectivity index (χ0v) is 6.33. The summed E-state index contributed by atoms with van der Waals surface area (Å²) < 4.78 is 0. The average Bonchev–Trinajstić information content (AvgIpc) is 2.04. The highest BCUT2D eigenvalue weighted by atomic mass is 14.5. The molecular weight excluding hydrogens is 134 g/mol. The molecule has 2 N–H and O–H groups in total. The fraction of sp³-hybridized carbons (Fsp3) is 0. The molecule has 1 aromatic carbocycles. The number of allylic oxidation sites excluding steroid dienone is 2. The summed E-state index contributed by atoms with van der Waals surface area (Å²) in [6, 6.07) is 7.69. The number of nitrogen functional groups attached to an aromatic ring is 1. The highest BCUT2D eigenvalue weighted by molar-refractivity contribution is 5.54. The molecular formula is C10H11N. The van der Waals surface area contributed by atoms with E-state index < -0.39 is 0 Å². The monoisotopic (exact) mass is 145 g/mol. The van der Waals surface area contributed by atoms with Gasteiger partial charge in [0, 0.05) is 5.69 Å². The third-order valence-electron chi connectivity index (χ3n) is 1.36. The lowest BCUT2D eigenvalue weighted by atomic mass is 10.2. The van der Waals surface area contributed by atoms with Crippen LogP contribution in [0.5, 0.6) is 0 Å². The molecule has 1 rings (SSSR count). The molecule has 0 saturated carbocycles. The van der Waals surface area contributed by atoms with Crippen LogP contribution in [0, 0.1) is 0 Å². The van der Waals surface area contributed by atoms with E-state index in [0.29, 0.717) is 0 Å². The zero-order chi connectivity index (χ0) is 8.10. The first-order chi connectivity index (χ1) is 5.33. The number of nitrogens with two attached hydrogens (primary N) is 1. The van der Waals surface area contributed by atoms with E-state index in [1.807, 2.05) is 36.4 Å². The molecule has 0 aliphatic carbocycles. The minimum Gasteiger partial charge on any atom is -0.399 e. The number of benzene rings is 1. The van der Waals surface area contributed by atoms with Crippen LogP contribution in [0.3, 0.4) is 0 Å². The maximum atomic E-state index is 5.51. The lowest BCUT2D eigenvalue weighted by molar-refractivity contribution is 1.64. The van der Waals surface area contributed by atoms with E-state index in [-0.39, 0.29) is 0 Å². The topological polar surface area (TPSA) is 26.0 Å². The Morgan fingerprint density at radius 3 is 2.36 bits per heavy atom. The first kappa shape index (κ1) is 7.61. The summed E-state index contributed by atoms with van der Waals surface area (Å²) in [7, 11) is 0. The molecule has 0 aliphatic heterocycles. The van der Waals surface area contributed by atoms with E-state index in [1.54, 1.807) is 6.08 Å². The normalized spacial score (nSPS) is 10.2. The van der Waals surface area contributed by atoms with Crippen molar-refractivity contribution >= 4 is 11.8 Å². The van der Waals surface area contributed by atoms with E-state index in [1.165, 1.54) is 0 Å². The van der Waals surface area contributed by atoms with Crippen LogP contribution in [0.4, 0.5) is 5.69 Å². The van der Waals surface area contributed by atoms with E-state index in [2.05, 4.69) is 6.58 Å². The smallest absolute Gasteiger partial charge is 0.0314 e. The average molecular weight is 145 g/mol. The van der Waals surface area contributed by atoms with Gasteiger partial charge in [0.2, 0.25) is 0 Å². The van der Waals surface area contributed by atoms with Gasteiger partial charge < -0.3 is 5.73 Å². The zero-order valence-electron chi connectivity index (χ0n) is 6.33. The Balaban J connectivity index is 2.81. The predicted molar refractivity (Wildman–Crippen MR) is 50.1 cm³/mol. The highest BCUT2D eigenvalue weighted by Gasteiger charge is 1.84. The molecule has 1 aromatic rings. The second kappa shape index (κ2) is 3.62. The van der Waals surface area contributed by atoms with Crippen LogP contribution in [0.1, 0.15) is 5.56 Å². The van der Waals surface area contributed by atoms with Crippen LogP contribution in [0.25, 0.3) is 6.08 Å². The van der Waals surface area contributed by atoms with Gasteiger partial charge >= 0.3 is 0 Å². The van der Waals surface area contributed by atoms with Crippen LogP contribution in [0.2, 0.25) is 0 Å². The van der Waals surface area contributed by atoms with Gasteiger partial charge in [-0.05, 0) is 17.7 Å². The summed E-state index contributed by atoms with van der Waals surface area (Å²) in [5.41, 5.74) is 7.44. The van der Waals surface area contributed by atoms with E-state index in [0.717, 1.165) is 11.3 Å². The molecule has 0 heterocycles. The van der Waals surface area contributed by atoms with Gasteiger partial charge in [-0.1, -0.05) is 36.9 Å². The highest BCUT2D eigenvalue weighted by Crippen LogP contribution is 2.06. The van der Waals surface area contributed by atoms with Crippen LogP contribution >= 0.6 is 0 Å². The van der Waals surface area contributed by atoms with Crippen molar-refractivity contribution < 1.29 is 0 Å². The minimum atomic E-state index is 0.792. The van der Waals surface area contributed by atoms with Gasteiger partial charge in [0.1, 0.15) is 0 Å². The quantitative estimate of drug-likeness (QED) is 0.502. The summed E-state index contributed by atoms with van der Waals surface area (Å²) in [5, 5.41) is 0. The fourth-order valence-electron chi connectivity index (χ4n) is 0.786. The Hall–Kier alpha value is -1.50. The van der Waals surface area contributed by atoms with Crippen molar-refractivity contribution in [1.29, 1.82) is 0 Å². The lowest BCUT2D eigenvalue weighted by Gasteiger charge is -1.92. The van der Waals surface area contributed by atoms with Gasteiger partial charge in [0.15, 0.2) is 0 Å². The van der Waals surface area contributed by atoms with Gasteiger partial charge in [-0.3, -0.25) is 0 Å². The molecule has 0 aromatic heterocycles. The van der Waals surface area contributed by atoms with Crippen molar-refractivity contribution in [3.05, 3.63) is 48.6 Å². The second-order valence-corrected chi connectivity index (χ2v) is 2.26. The molecule has 0 aliphatic rings. The molecule has 1 nitrogen and oxygen atoms in total. The second-order valence-electron chi connectivity index (χ2n) is 2.26. The number of hydrogen-bond acceptors (Lipinski definition) is 1. The van der Waals surface area contributed by atoms with Crippen molar-refractivity contribution in [2.45, 2.75) is 0 Å². The summed E-state index contributed by atoms with van der Waals surface area (Å²) in [6.07, 6.45) is 5.62. The van der Waals surface area contributed by atoms with Gasteiger partial charge in [-0.2, -0.15) is 0 Å². The van der Waals surface area contributed by atoms with Crippen LogP contribution in [-0.4, -0.2) is 0 Å². The molecule has 0 bridgehead atoms. The SMILES string of the molecule is C=C/C=C/c1ccc(N)cc1. The largest absolute Gasteiger partial charge is 0.399 e. The maximum Gasteiger partial charge on any atom is 0.0314 e. The van der Waals surface area contributed by atoms with Gasteiger partial charge in [-0.15, -0.1) is 0 Å². The Morgan fingerprint density at radius 2 is 1.82 bits per heavy atom. The van der Waals surface area contributed by atoms with Crippen molar-refractivity contribution in [2.24, 2.45) is 0 Å². The first-order valence-corrected chi connectivity index (χ1v) is 3.47. The van der Waals surface area contributed by atoms with Crippen LogP contribution in [0.15, 0.2) is 43.0 Å². The van der Waals surface area contributed by atoms with E-state index in [4.69, 9.17) is 5.73 Å². The summed E-state index contributed by atoms with van der Waals surface area (Å²) >= 11 is 0. The third kappa shape index (κ3) is 2.30. The Morgan fingerprint density at radius 1 is 1.18 bits per heavy atom. The summed E-state index contributed by atoms with van der Waals surface area (Å²) in [4.78, 5) is 0. The number of hydrogen-bond donors (Lipinski definition) is 1. The van der Waals surface area contributed by atoms with Gasteiger partial charge in [0.25, 0.3) is 0 Å². The standard InChI is InChI=1S/C10H11N/c1-2-3-4-9-5-7-10(11)8-6-9/h2-8H,1,11H2/b4-3+. The minimum absolute atomic E-state index is 0.792. The fourth-order valence-corrected chi connectivity index (χ4v) is 0.786. The molecule has 0 unspecified atom stereocenters. The molecule has 0 spiro atoms. The van der Waals surface area contributed by atoms with Gasteiger partial charge in [-0.25, -0.2) is 0 Å². The molecule has 56 valence electrons. The molecule has 1 heteroatoms. The Kier molecular flexibility index (Phi) is 2.50. The van der Waals surface area contributed by atoms with Crippen molar-refractivity contribution in [3.63, 3.8) is 0 Å². The first-order valence-electron chi connectivity index (χ1n) is 3.47. The van der Waals surface area contributed by atoms with Crippen molar-refractivity contribution in [3.8, 4) is 0 Å². The Bertz CT molecular complexity index is 257. The molecule has 0 fully saturated rings. The number of rotatable bonds is 2.